The van der Waals surface area contributed by atoms with Crippen LogP contribution in [-0.4, -0.2) is 37.8 Å². The van der Waals surface area contributed by atoms with E-state index >= 15 is 0 Å². The second-order valence-corrected chi connectivity index (χ2v) is 6.32. The molecule has 0 saturated heterocycles. The lowest BCUT2D eigenvalue weighted by Crippen LogP contribution is -2.21. The number of carbonyl (C=O) groups excluding carboxylic acids is 2. The van der Waals surface area contributed by atoms with Gasteiger partial charge in [-0.1, -0.05) is 30.4 Å². The summed E-state index contributed by atoms with van der Waals surface area (Å²) in [6, 6.07) is 12.6. The number of hydrogen-bond donors (Lipinski definition) is 0. The Kier molecular flexibility index (Phi) is 7.12. The van der Waals surface area contributed by atoms with Gasteiger partial charge in [0.2, 0.25) is 0 Å². The number of methoxy groups -OCH3 is 1. The Hall–Kier alpha value is -3.14. The van der Waals surface area contributed by atoms with E-state index in [9.17, 15) is 9.59 Å². The van der Waals surface area contributed by atoms with Gasteiger partial charge in [-0.15, -0.1) is 0 Å². The fourth-order valence-corrected chi connectivity index (χ4v) is 2.59. The van der Waals surface area contributed by atoms with E-state index in [4.69, 9.17) is 4.74 Å². The van der Waals surface area contributed by atoms with Gasteiger partial charge in [-0.3, -0.25) is 9.59 Å². The number of carbonyl (C=O) groups is 2. The third-order valence-electron chi connectivity index (χ3n) is 4.12. The lowest BCUT2D eigenvalue weighted by Gasteiger charge is -2.10. The fraction of sp³-hybridized carbons (Fsp3) is 0.217. The first-order valence-electron chi connectivity index (χ1n) is 8.78. The molecule has 2 rings (SSSR count). The van der Waals surface area contributed by atoms with Crippen LogP contribution in [0.1, 0.15) is 38.8 Å². The van der Waals surface area contributed by atoms with Gasteiger partial charge in [-0.25, -0.2) is 0 Å². The smallest absolute Gasteiger partial charge is 0.253 e. The number of ether oxygens (including phenoxy) is 1. The van der Waals surface area contributed by atoms with Crippen LogP contribution in [0.15, 0.2) is 60.7 Å². The van der Waals surface area contributed by atoms with Gasteiger partial charge in [0.1, 0.15) is 5.75 Å². The second-order valence-electron chi connectivity index (χ2n) is 6.32. The van der Waals surface area contributed by atoms with Crippen LogP contribution in [0.4, 0.5) is 0 Å². The molecule has 4 nitrogen and oxygen atoms in total. The highest BCUT2D eigenvalue weighted by Gasteiger charge is 2.09. The molecular formula is C23H25NO3. The molecule has 0 radical (unpaired) electrons. The molecule has 1 amide bonds. The molecule has 0 heterocycles. The normalized spacial score (nSPS) is 11.1. The van der Waals surface area contributed by atoms with Gasteiger partial charge in [0.15, 0.2) is 5.78 Å². The fourth-order valence-electron chi connectivity index (χ4n) is 2.59. The van der Waals surface area contributed by atoms with Crippen molar-refractivity contribution in [3.63, 3.8) is 0 Å². The number of benzene rings is 2. The van der Waals surface area contributed by atoms with Gasteiger partial charge in [-0.05, 0) is 55.3 Å². The van der Waals surface area contributed by atoms with Gasteiger partial charge >= 0.3 is 0 Å². The largest absolute Gasteiger partial charge is 0.496 e. The van der Waals surface area contributed by atoms with Crippen LogP contribution in [0.25, 0.3) is 6.08 Å². The van der Waals surface area contributed by atoms with Gasteiger partial charge in [0.25, 0.3) is 5.91 Å². The molecule has 2 aromatic rings. The minimum Gasteiger partial charge on any atom is -0.496 e. The third kappa shape index (κ3) is 5.42. The van der Waals surface area contributed by atoms with Crippen LogP contribution < -0.4 is 4.74 Å². The SMILES string of the molecule is CC=CCc1ccc(OC)c(C=CC(=O)c2ccc(C(=O)N(C)C)cc2)c1. The first-order chi connectivity index (χ1) is 13.0. The van der Waals surface area contributed by atoms with Crippen LogP contribution in [0.3, 0.4) is 0 Å². The first kappa shape index (κ1) is 20.2. The van der Waals surface area contributed by atoms with Crippen molar-refractivity contribution >= 4 is 17.8 Å². The number of amides is 1. The van der Waals surface area contributed by atoms with E-state index in [1.807, 2.05) is 31.2 Å². The summed E-state index contributed by atoms with van der Waals surface area (Å²) < 4.78 is 5.38. The van der Waals surface area contributed by atoms with E-state index in [1.54, 1.807) is 51.5 Å². The summed E-state index contributed by atoms with van der Waals surface area (Å²) in [5.74, 6) is 0.502. The van der Waals surface area contributed by atoms with Crippen LogP contribution in [-0.2, 0) is 6.42 Å². The van der Waals surface area contributed by atoms with Crippen molar-refractivity contribution in [3.8, 4) is 5.75 Å². The van der Waals surface area contributed by atoms with E-state index in [-0.39, 0.29) is 11.7 Å². The molecule has 0 atom stereocenters. The zero-order valence-electron chi connectivity index (χ0n) is 16.2. The Bertz CT molecular complexity index is 862. The lowest BCUT2D eigenvalue weighted by molar-refractivity contribution is 0.0827. The monoisotopic (exact) mass is 363 g/mol. The minimum atomic E-state index is -0.125. The highest BCUT2D eigenvalue weighted by molar-refractivity contribution is 6.07. The molecule has 4 heteroatoms. The Morgan fingerprint density at radius 3 is 2.30 bits per heavy atom. The van der Waals surface area contributed by atoms with Crippen molar-refractivity contribution in [2.24, 2.45) is 0 Å². The molecule has 0 fully saturated rings. The zero-order valence-corrected chi connectivity index (χ0v) is 16.2. The second kappa shape index (κ2) is 9.53. The van der Waals surface area contributed by atoms with E-state index in [0.717, 1.165) is 23.3 Å². The van der Waals surface area contributed by atoms with Gasteiger partial charge in [-0.2, -0.15) is 0 Å². The Morgan fingerprint density at radius 2 is 1.70 bits per heavy atom. The van der Waals surface area contributed by atoms with Crippen LogP contribution in [0.5, 0.6) is 5.75 Å². The zero-order chi connectivity index (χ0) is 19.8. The van der Waals surface area contributed by atoms with Crippen molar-refractivity contribution in [3.05, 3.63) is 82.9 Å². The molecule has 140 valence electrons. The van der Waals surface area contributed by atoms with Crippen molar-refractivity contribution in [2.75, 3.05) is 21.2 Å². The molecule has 0 aliphatic carbocycles. The lowest BCUT2D eigenvalue weighted by atomic mass is 10.0. The third-order valence-corrected chi connectivity index (χ3v) is 4.12. The molecule has 2 aromatic carbocycles. The van der Waals surface area contributed by atoms with Crippen LogP contribution in [0.2, 0.25) is 0 Å². The van der Waals surface area contributed by atoms with Gasteiger partial charge in [0, 0.05) is 30.8 Å². The van der Waals surface area contributed by atoms with Gasteiger partial charge < -0.3 is 9.64 Å². The molecule has 0 N–H and O–H groups in total. The number of nitrogens with zero attached hydrogens (tertiary/aromatic N) is 1. The van der Waals surface area contributed by atoms with E-state index in [2.05, 4.69) is 6.08 Å². The van der Waals surface area contributed by atoms with Crippen LogP contribution in [0, 0.1) is 0 Å². The summed E-state index contributed by atoms with van der Waals surface area (Å²) in [6.45, 7) is 1.99. The molecule has 0 aliphatic rings. The van der Waals surface area contributed by atoms with Crippen molar-refractivity contribution < 1.29 is 14.3 Å². The maximum absolute atomic E-state index is 12.5. The summed E-state index contributed by atoms with van der Waals surface area (Å²) >= 11 is 0. The number of allylic oxidation sites excluding steroid dienone is 3. The molecule has 27 heavy (non-hydrogen) atoms. The summed E-state index contributed by atoms with van der Waals surface area (Å²) in [6.07, 6.45) is 8.21. The average molecular weight is 363 g/mol. The molecule has 0 unspecified atom stereocenters. The predicted octanol–water partition coefficient (Wildman–Crippen LogP) is 4.41. The van der Waals surface area contributed by atoms with Crippen molar-refractivity contribution in [2.45, 2.75) is 13.3 Å². The number of hydrogen-bond acceptors (Lipinski definition) is 3. The topological polar surface area (TPSA) is 46.6 Å². The number of ketones is 1. The first-order valence-corrected chi connectivity index (χ1v) is 8.78. The molecular weight excluding hydrogens is 338 g/mol. The van der Waals surface area contributed by atoms with Crippen molar-refractivity contribution in [1.82, 2.24) is 4.90 Å². The summed E-state index contributed by atoms with van der Waals surface area (Å²) in [5, 5.41) is 0. The maximum atomic E-state index is 12.5. The Morgan fingerprint density at radius 1 is 1.04 bits per heavy atom. The Labute approximate surface area is 160 Å². The summed E-state index contributed by atoms with van der Waals surface area (Å²) in [7, 11) is 5.00. The van der Waals surface area contributed by atoms with Gasteiger partial charge in [0.05, 0.1) is 7.11 Å². The van der Waals surface area contributed by atoms with E-state index in [1.165, 1.54) is 11.0 Å². The standard InChI is InChI=1S/C23H25NO3/c1-5-6-7-17-8-15-22(27-4)20(16-17)13-14-21(25)18-9-11-19(12-10-18)23(26)24(2)3/h5-6,8-16H,7H2,1-4H3. The maximum Gasteiger partial charge on any atom is 0.253 e. The molecule has 0 aliphatic heterocycles. The number of rotatable bonds is 7. The summed E-state index contributed by atoms with van der Waals surface area (Å²) in [4.78, 5) is 25.9. The quantitative estimate of drug-likeness (QED) is 0.416. The molecule has 0 saturated carbocycles. The predicted molar refractivity (Wildman–Crippen MR) is 109 cm³/mol. The average Bonchev–Trinajstić information content (AvgIpc) is 2.69. The summed E-state index contributed by atoms with van der Waals surface area (Å²) in [5.41, 5.74) is 3.09. The molecule has 0 bridgehead atoms. The highest BCUT2D eigenvalue weighted by Crippen LogP contribution is 2.22. The Balaban J connectivity index is 2.19. The molecule has 0 spiro atoms. The van der Waals surface area contributed by atoms with Crippen molar-refractivity contribution in [1.29, 1.82) is 0 Å². The van der Waals surface area contributed by atoms with E-state index in [0.29, 0.717) is 11.1 Å². The van der Waals surface area contributed by atoms with E-state index < -0.39 is 0 Å². The molecule has 0 aromatic heterocycles. The van der Waals surface area contributed by atoms with Crippen LogP contribution >= 0.6 is 0 Å². The highest BCUT2D eigenvalue weighted by atomic mass is 16.5. The minimum absolute atomic E-state index is 0.0905.